The average molecular weight is 614 g/mol. The summed E-state index contributed by atoms with van der Waals surface area (Å²) >= 11 is 0. The van der Waals surface area contributed by atoms with Crippen LogP contribution >= 0.6 is 0 Å². The van der Waals surface area contributed by atoms with E-state index >= 15 is 0 Å². The van der Waals surface area contributed by atoms with Gasteiger partial charge in [-0.15, -0.1) is 0 Å². The summed E-state index contributed by atoms with van der Waals surface area (Å²) < 4.78 is 5.66. The van der Waals surface area contributed by atoms with Crippen LogP contribution in [0.4, 0.5) is 28.1 Å². The van der Waals surface area contributed by atoms with Crippen LogP contribution in [0.3, 0.4) is 0 Å². The van der Waals surface area contributed by atoms with Gasteiger partial charge in [0.1, 0.15) is 0 Å². The molecule has 1 aromatic heterocycles. The van der Waals surface area contributed by atoms with E-state index in [-0.39, 0.29) is 18.0 Å². The van der Waals surface area contributed by atoms with Gasteiger partial charge in [0.25, 0.3) is 5.91 Å². The molecule has 3 atom stereocenters. The van der Waals surface area contributed by atoms with E-state index in [1.54, 1.807) is 24.3 Å². The zero-order chi connectivity index (χ0) is 31.5. The van der Waals surface area contributed by atoms with Crippen LogP contribution in [-0.4, -0.2) is 108 Å². The molecule has 12 heteroatoms. The first-order chi connectivity index (χ1) is 21.7. The number of hydrogen-bond acceptors (Lipinski definition) is 9. The van der Waals surface area contributed by atoms with Crippen molar-refractivity contribution in [3.05, 3.63) is 54.1 Å². The van der Waals surface area contributed by atoms with E-state index in [9.17, 15) is 9.59 Å². The Kier molecular flexibility index (Phi) is 9.13. The summed E-state index contributed by atoms with van der Waals surface area (Å²) in [6, 6.07) is 15.0. The minimum Gasteiger partial charge on any atom is -0.377 e. The van der Waals surface area contributed by atoms with Gasteiger partial charge in [-0.25, -0.2) is 4.79 Å². The molecule has 3 fully saturated rings. The first kappa shape index (κ1) is 30.7. The molecule has 2 aromatic carbocycles. The van der Waals surface area contributed by atoms with Gasteiger partial charge in [0.05, 0.1) is 19.3 Å². The minimum absolute atomic E-state index is 0.0144. The molecule has 6 rings (SSSR count). The number of urea groups is 1. The van der Waals surface area contributed by atoms with Crippen molar-refractivity contribution in [1.29, 1.82) is 0 Å². The van der Waals surface area contributed by atoms with E-state index in [2.05, 4.69) is 53.2 Å². The number of likely N-dealkylation sites (N-methyl/N-ethyl adjacent to an activating group) is 1. The number of nitrogens with zero attached hydrogens (tertiary/aromatic N) is 7. The molecule has 0 saturated carbocycles. The highest BCUT2D eigenvalue weighted by Crippen LogP contribution is 2.31. The molecule has 3 unspecified atom stereocenters. The lowest BCUT2D eigenvalue weighted by atomic mass is 10.1. The molecule has 3 saturated heterocycles. The van der Waals surface area contributed by atoms with Crippen LogP contribution in [0.2, 0.25) is 0 Å². The molecule has 238 valence electrons. The van der Waals surface area contributed by atoms with Crippen molar-refractivity contribution in [3.8, 4) is 11.4 Å². The third-order valence-corrected chi connectivity index (χ3v) is 9.00. The molecule has 0 spiro atoms. The summed E-state index contributed by atoms with van der Waals surface area (Å²) in [5, 5.41) is 5.73. The van der Waals surface area contributed by atoms with Crippen molar-refractivity contribution >= 4 is 35.2 Å². The number of hydrogen-bond donors (Lipinski definition) is 2. The molecule has 0 radical (unpaired) electrons. The van der Waals surface area contributed by atoms with Crippen molar-refractivity contribution < 1.29 is 14.3 Å². The summed E-state index contributed by atoms with van der Waals surface area (Å²) in [4.78, 5) is 48.9. The molecular formula is C33H43N9O3. The lowest BCUT2D eigenvalue weighted by Gasteiger charge is -2.34. The molecule has 12 nitrogen and oxygen atoms in total. The number of carbonyl (C=O) groups excluding carboxylic acids is 2. The van der Waals surface area contributed by atoms with E-state index in [4.69, 9.17) is 19.7 Å². The Morgan fingerprint density at radius 1 is 0.756 bits per heavy atom. The van der Waals surface area contributed by atoms with Gasteiger partial charge in [-0.05, 0) is 89.2 Å². The van der Waals surface area contributed by atoms with Crippen molar-refractivity contribution in [3.63, 3.8) is 0 Å². The van der Waals surface area contributed by atoms with Crippen LogP contribution in [0.15, 0.2) is 48.5 Å². The fourth-order valence-electron chi connectivity index (χ4n) is 6.22. The number of benzene rings is 2. The molecule has 45 heavy (non-hydrogen) atoms. The normalized spacial score (nSPS) is 22.4. The topological polar surface area (TPSA) is 119 Å². The minimum atomic E-state index is -0.371. The molecule has 0 bridgehead atoms. The lowest BCUT2D eigenvalue weighted by Crippen LogP contribution is -2.47. The summed E-state index contributed by atoms with van der Waals surface area (Å²) in [5.41, 5.74) is 2.69. The number of rotatable bonds is 6. The highest BCUT2D eigenvalue weighted by atomic mass is 16.5. The van der Waals surface area contributed by atoms with E-state index < -0.39 is 0 Å². The van der Waals surface area contributed by atoms with Gasteiger partial charge in [-0.3, -0.25) is 4.79 Å². The van der Waals surface area contributed by atoms with Gasteiger partial charge < -0.3 is 35.0 Å². The highest BCUT2D eigenvalue weighted by Gasteiger charge is 2.32. The molecule has 2 N–H and O–H groups in total. The fraction of sp³-hybridized carbons (Fsp3) is 0.485. The Morgan fingerprint density at radius 3 is 1.98 bits per heavy atom. The van der Waals surface area contributed by atoms with E-state index in [0.717, 1.165) is 51.1 Å². The summed E-state index contributed by atoms with van der Waals surface area (Å²) in [6.07, 6.45) is 2.21. The Hall–Kier alpha value is -4.29. The third-order valence-electron chi connectivity index (χ3n) is 9.00. The number of ether oxygens (including phenoxy) is 1. The molecule has 3 aromatic rings. The van der Waals surface area contributed by atoms with E-state index in [1.165, 1.54) is 0 Å². The maximum atomic E-state index is 12.8. The van der Waals surface area contributed by atoms with Gasteiger partial charge in [0.15, 0.2) is 5.82 Å². The second-order valence-electron chi connectivity index (χ2n) is 12.4. The van der Waals surface area contributed by atoms with Crippen molar-refractivity contribution in [2.24, 2.45) is 0 Å². The Bertz CT molecular complexity index is 1480. The standard InChI is InChI=1S/C33H43N9O3/c1-22-5-6-23(2)42(22)32-37-29(36-31(38-32)41-19-20-45-21-24(41)3)25-7-11-27(12-8-25)34-33(44)35-28-13-9-26(10-14-28)30(43)40-17-15-39(4)16-18-40/h7-14,22-24H,5-6,15-21H2,1-4H3,(H2,34,35,44). The van der Waals surface area contributed by atoms with Crippen molar-refractivity contribution in [2.75, 3.05) is 73.4 Å². The molecule has 3 aliphatic heterocycles. The number of amides is 3. The second-order valence-corrected chi connectivity index (χ2v) is 12.4. The second kappa shape index (κ2) is 13.4. The average Bonchev–Trinajstić information content (AvgIpc) is 3.39. The van der Waals surface area contributed by atoms with Gasteiger partial charge in [-0.2, -0.15) is 15.0 Å². The van der Waals surface area contributed by atoms with Crippen LogP contribution in [0.1, 0.15) is 44.0 Å². The number of piperazine rings is 1. The predicted molar refractivity (Wildman–Crippen MR) is 176 cm³/mol. The monoisotopic (exact) mass is 613 g/mol. The number of nitrogens with one attached hydrogen (secondary N) is 2. The van der Waals surface area contributed by atoms with E-state index in [1.807, 2.05) is 29.2 Å². The van der Waals surface area contributed by atoms with Gasteiger partial charge in [0.2, 0.25) is 11.9 Å². The Labute approximate surface area is 264 Å². The first-order valence-electron chi connectivity index (χ1n) is 15.9. The number of morpholine rings is 1. The van der Waals surface area contributed by atoms with Gasteiger partial charge in [0, 0.05) is 67.3 Å². The maximum Gasteiger partial charge on any atom is 0.323 e. The zero-order valence-electron chi connectivity index (χ0n) is 26.6. The SMILES string of the molecule is CC1COCCN1c1nc(-c2ccc(NC(=O)Nc3ccc(C(=O)N4CCN(C)CC4)cc3)cc2)nc(N2C(C)CCC2C)n1. The Balaban J connectivity index is 1.13. The van der Waals surface area contributed by atoms with Gasteiger partial charge >= 0.3 is 6.03 Å². The molecular weight excluding hydrogens is 570 g/mol. The van der Waals surface area contributed by atoms with Crippen molar-refractivity contribution in [2.45, 2.75) is 51.7 Å². The number of carbonyl (C=O) groups is 2. The first-order valence-corrected chi connectivity index (χ1v) is 15.9. The largest absolute Gasteiger partial charge is 0.377 e. The fourth-order valence-corrected chi connectivity index (χ4v) is 6.22. The lowest BCUT2D eigenvalue weighted by molar-refractivity contribution is 0.0664. The third kappa shape index (κ3) is 7.02. The van der Waals surface area contributed by atoms with Crippen LogP contribution in [0.5, 0.6) is 0 Å². The van der Waals surface area contributed by atoms with E-state index in [0.29, 0.717) is 60.0 Å². The highest BCUT2D eigenvalue weighted by molar-refractivity contribution is 6.00. The van der Waals surface area contributed by atoms with Crippen LogP contribution in [0, 0.1) is 0 Å². The molecule has 3 amide bonds. The van der Waals surface area contributed by atoms with Crippen LogP contribution < -0.4 is 20.4 Å². The van der Waals surface area contributed by atoms with Crippen LogP contribution in [-0.2, 0) is 4.74 Å². The van der Waals surface area contributed by atoms with Gasteiger partial charge in [-0.1, -0.05) is 0 Å². The van der Waals surface area contributed by atoms with Crippen molar-refractivity contribution in [1.82, 2.24) is 24.8 Å². The molecule has 3 aliphatic rings. The molecule has 0 aliphatic carbocycles. The number of aromatic nitrogens is 3. The van der Waals surface area contributed by atoms with Crippen LogP contribution in [0.25, 0.3) is 11.4 Å². The zero-order valence-corrected chi connectivity index (χ0v) is 26.6. The molecule has 4 heterocycles. The summed E-state index contributed by atoms with van der Waals surface area (Å²) in [7, 11) is 2.06. The Morgan fingerprint density at radius 2 is 1.36 bits per heavy atom. The quantitative estimate of drug-likeness (QED) is 0.422. The number of anilines is 4. The predicted octanol–water partition coefficient (Wildman–Crippen LogP) is 4.17. The summed E-state index contributed by atoms with van der Waals surface area (Å²) in [5.74, 6) is 1.97. The smallest absolute Gasteiger partial charge is 0.323 e. The maximum absolute atomic E-state index is 12.8. The summed E-state index contributed by atoms with van der Waals surface area (Å²) in [6.45, 7) is 11.7.